The molecule has 1 aromatic heterocycles. The van der Waals surface area contributed by atoms with Gasteiger partial charge >= 0.3 is 0 Å². The van der Waals surface area contributed by atoms with Gasteiger partial charge in [-0.1, -0.05) is 30.3 Å². The number of carbonyl (C=O) groups excluding carboxylic acids is 2. The van der Waals surface area contributed by atoms with Crippen LogP contribution in [-0.4, -0.2) is 29.8 Å². The van der Waals surface area contributed by atoms with E-state index < -0.39 is 0 Å². The number of carbonyl (C=O) groups is 2. The lowest BCUT2D eigenvalue weighted by molar-refractivity contribution is -0.132. The van der Waals surface area contributed by atoms with Crippen LogP contribution in [0.2, 0.25) is 0 Å². The summed E-state index contributed by atoms with van der Waals surface area (Å²) >= 11 is 1.67. The molecule has 0 spiro atoms. The average molecular weight is 342 g/mol. The third-order valence-corrected chi connectivity index (χ3v) is 5.26. The lowest BCUT2D eigenvalue weighted by Crippen LogP contribution is -2.38. The normalized spacial score (nSPS) is 13.4. The molecule has 1 N–H and O–H groups in total. The summed E-state index contributed by atoms with van der Waals surface area (Å²) in [6.45, 7) is 1.86. The molecule has 4 nitrogen and oxygen atoms in total. The Balaban J connectivity index is 1.37. The minimum atomic E-state index is 0.0141. The van der Waals surface area contributed by atoms with Gasteiger partial charge in [-0.05, 0) is 35.4 Å². The molecule has 3 rings (SSSR count). The van der Waals surface area contributed by atoms with Crippen LogP contribution in [0.3, 0.4) is 0 Å². The maximum absolute atomic E-state index is 12.3. The summed E-state index contributed by atoms with van der Waals surface area (Å²) in [6, 6.07) is 12.3. The SMILES string of the molecule is O=C(CCc1cccs1)NCCC(=O)N1CCc2ccccc2C1. The molecule has 2 aromatic rings. The van der Waals surface area contributed by atoms with Crippen LogP contribution in [0.1, 0.15) is 28.8 Å². The molecular weight excluding hydrogens is 320 g/mol. The van der Waals surface area contributed by atoms with E-state index in [1.54, 1.807) is 11.3 Å². The molecule has 24 heavy (non-hydrogen) atoms. The summed E-state index contributed by atoms with van der Waals surface area (Å²) in [5.41, 5.74) is 2.57. The molecule has 0 fully saturated rings. The Kier molecular flexibility index (Phi) is 5.64. The van der Waals surface area contributed by atoms with Crippen LogP contribution >= 0.6 is 11.3 Å². The highest BCUT2D eigenvalue weighted by Gasteiger charge is 2.19. The summed E-state index contributed by atoms with van der Waals surface area (Å²) in [4.78, 5) is 27.2. The van der Waals surface area contributed by atoms with Crippen molar-refractivity contribution in [2.75, 3.05) is 13.1 Å². The number of nitrogens with zero attached hydrogens (tertiary/aromatic N) is 1. The highest BCUT2D eigenvalue weighted by atomic mass is 32.1. The van der Waals surface area contributed by atoms with E-state index in [2.05, 4.69) is 17.4 Å². The number of benzene rings is 1. The number of fused-ring (bicyclic) bond motifs is 1. The maximum Gasteiger partial charge on any atom is 0.224 e. The predicted molar refractivity (Wildman–Crippen MR) is 95.8 cm³/mol. The molecule has 0 bridgehead atoms. The van der Waals surface area contributed by atoms with Crippen LogP contribution in [0.4, 0.5) is 0 Å². The van der Waals surface area contributed by atoms with Gasteiger partial charge in [-0.15, -0.1) is 11.3 Å². The third-order valence-electron chi connectivity index (χ3n) is 4.32. The quantitative estimate of drug-likeness (QED) is 0.877. The first-order valence-electron chi connectivity index (χ1n) is 8.36. The zero-order valence-electron chi connectivity index (χ0n) is 13.7. The van der Waals surface area contributed by atoms with E-state index in [9.17, 15) is 9.59 Å². The van der Waals surface area contributed by atoms with Gasteiger partial charge in [0.1, 0.15) is 0 Å². The third kappa shape index (κ3) is 4.45. The number of aryl methyl sites for hydroxylation is 1. The Bertz CT molecular complexity index is 697. The molecule has 5 heteroatoms. The zero-order chi connectivity index (χ0) is 16.8. The van der Waals surface area contributed by atoms with Gasteiger partial charge in [-0.25, -0.2) is 0 Å². The Labute approximate surface area is 146 Å². The Morgan fingerprint density at radius 3 is 2.71 bits per heavy atom. The van der Waals surface area contributed by atoms with E-state index >= 15 is 0 Å². The summed E-state index contributed by atoms with van der Waals surface area (Å²) in [7, 11) is 0. The molecule has 126 valence electrons. The van der Waals surface area contributed by atoms with Crippen LogP contribution in [0.5, 0.6) is 0 Å². The molecule has 0 saturated carbocycles. The van der Waals surface area contributed by atoms with Crippen LogP contribution in [0, 0.1) is 0 Å². The molecule has 1 aromatic carbocycles. The molecule has 0 unspecified atom stereocenters. The topological polar surface area (TPSA) is 49.4 Å². The highest BCUT2D eigenvalue weighted by molar-refractivity contribution is 7.09. The molecule has 2 amide bonds. The second kappa shape index (κ2) is 8.11. The smallest absolute Gasteiger partial charge is 0.224 e. The summed E-state index contributed by atoms with van der Waals surface area (Å²) in [5, 5.41) is 4.87. The van der Waals surface area contributed by atoms with Crippen molar-refractivity contribution in [2.24, 2.45) is 0 Å². The fourth-order valence-electron chi connectivity index (χ4n) is 2.96. The van der Waals surface area contributed by atoms with Crippen molar-refractivity contribution in [3.8, 4) is 0 Å². The van der Waals surface area contributed by atoms with Crippen LogP contribution in [0.15, 0.2) is 41.8 Å². The van der Waals surface area contributed by atoms with Gasteiger partial charge in [0, 0.05) is 37.4 Å². The van der Waals surface area contributed by atoms with E-state index in [-0.39, 0.29) is 11.8 Å². The first kappa shape index (κ1) is 16.7. The van der Waals surface area contributed by atoms with Crippen LogP contribution in [0.25, 0.3) is 0 Å². The molecule has 0 aliphatic carbocycles. The average Bonchev–Trinajstić information content (AvgIpc) is 3.13. The van der Waals surface area contributed by atoms with Gasteiger partial charge in [0.2, 0.25) is 11.8 Å². The molecule has 1 aliphatic heterocycles. The number of rotatable bonds is 6. The summed E-state index contributed by atoms with van der Waals surface area (Å²) < 4.78 is 0. The molecule has 0 radical (unpaired) electrons. The van der Waals surface area contributed by atoms with Crippen molar-refractivity contribution in [3.05, 3.63) is 57.8 Å². The number of nitrogens with one attached hydrogen (secondary N) is 1. The number of hydrogen-bond donors (Lipinski definition) is 1. The summed E-state index contributed by atoms with van der Waals surface area (Å²) in [5.74, 6) is 0.128. The molecule has 0 saturated heterocycles. The number of amides is 2. The fourth-order valence-corrected chi connectivity index (χ4v) is 3.66. The Hall–Kier alpha value is -2.14. The van der Waals surface area contributed by atoms with Crippen molar-refractivity contribution in [1.29, 1.82) is 0 Å². The molecule has 1 aliphatic rings. The van der Waals surface area contributed by atoms with E-state index in [0.29, 0.717) is 25.9 Å². The highest BCUT2D eigenvalue weighted by Crippen LogP contribution is 2.18. The van der Waals surface area contributed by atoms with Gasteiger partial charge in [-0.2, -0.15) is 0 Å². The standard InChI is InChI=1S/C19H22N2O2S/c22-18(8-7-17-6-3-13-24-17)20-11-9-19(23)21-12-10-15-4-1-2-5-16(15)14-21/h1-6,13H,7-12,14H2,(H,20,22). The fraction of sp³-hybridized carbons (Fsp3) is 0.368. The van der Waals surface area contributed by atoms with Crippen molar-refractivity contribution >= 4 is 23.2 Å². The van der Waals surface area contributed by atoms with Crippen molar-refractivity contribution in [1.82, 2.24) is 10.2 Å². The van der Waals surface area contributed by atoms with E-state index in [1.165, 1.54) is 16.0 Å². The Morgan fingerprint density at radius 1 is 1.08 bits per heavy atom. The van der Waals surface area contributed by atoms with Gasteiger partial charge in [-0.3, -0.25) is 9.59 Å². The monoisotopic (exact) mass is 342 g/mol. The second-order valence-corrected chi connectivity index (χ2v) is 7.05. The Morgan fingerprint density at radius 2 is 1.92 bits per heavy atom. The van der Waals surface area contributed by atoms with Gasteiger partial charge in [0.05, 0.1) is 0 Å². The lowest BCUT2D eigenvalue weighted by atomic mass is 10.00. The molecule has 2 heterocycles. The maximum atomic E-state index is 12.3. The van der Waals surface area contributed by atoms with Crippen LogP contribution in [-0.2, 0) is 29.0 Å². The van der Waals surface area contributed by atoms with E-state index in [4.69, 9.17) is 0 Å². The van der Waals surface area contributed by atoms with Gasteiger partial charge < -0.3 is 10.2 Å². The molecule has 0 atom stereocenters. The van der Waals surface area contributed by atoms with E-state index in [1.807, 2.05) is 34.5 Å². The lowest BCUT2D eigenvalue weighted by Gasteiger charge is -2.29. The minimum absolute atomic E-state index is 0.0141. The zero-order valence-corrected chi connectivity index (χ0v) is 14.5. The minimum Gasteiger partial charge on any atom is -0.356 e. The van der Waals surface area contributed by atoms with Crippen molar-refractivity contribution in [3.63, 3.8) is 0 Å². The first-order chi connectivity index (χ1) is 11.7. The van der Waals surface area contributed by atoms with E-state index in [0.717, 1.165) is 19.4 Å². The number of hydrogen-bond acceptors (Lipinski definition) is 3. The first-order valence-corrected chi connectivity index (χ1v) is 9.24. The second-order valence-electron chi connectivity index (χ2n) is 6.01. The largest absolute Gasteiger partial charge is 0.356 e. The predicted octanol–water partition coefficient (Wildman–Crippen LogP) is 2.77. The van der Waals surface area contributed by atoms with Crippen molar-refractivity contribution in [2.45, 2.75) is 32.2 Å². The van der Waals surface area contributed by atoms with Crippen molar-refractivity contribution < 1.29 is 9.59 Å². The summed E-state index contributed by atoms with van der Waals surface area (Å²) in [6.07, 6.45) is 2.52. The van der Waals surface area contributed by atoms with Crippen LogP contribution < -0.4 is 5.32 Å². The number of thiophene rings is 1. The van der Waals surface area contributed by atoms with Gasteiger partial charge in [0.15, 0.2) is 0 Å². The van der Waals surface area contributed by atoms with Gasteiger partial charge in [0.25, 0.3) is 0 Å². The molecular formula is C19H22N2O2S.